The highest BCUT2D eigenvalue weighted by atomic mass is 16.6. The van der Waals surface area contributed by atoms with Crippen LogP contribution in [0, 0.1) is 10.1 Å². The van der Waals surface area contributed by atoms with Gasteiger partial charge in [0.25, 0.3) is 5.69 Å². The number of carbonyl (C=O) groups is 1. The summed E-state index contributed by atoms with van der Waals surface area (Å²) in [7, 11) is 1.60. The number of nitrogens with zero attached hydrogens (tertiary/aromatic N) is 1. The van der Waals surface area contributed by atoms with Gasteiger partial charge in [-0.3, -0.25) is 14.9 Å². The number of rotatable bonds is 4. The number of hydrogen-bond donors (Lipinski definition) is 1. The Labute approximate surface area is 151 Å². The number of fused-ring (bicyclic) bond motifs is 1. The van der Waals surface area contributed by atoms with Crippen molar-refractivity contribution < 1.29 is 14.5 Å². The Bertz CT molecular complexity index is 916. The molecule has 0 spiro atoms. The number of nitro benzene ring substituents is 1. The zero-order valence-corrected chi connectivity index (χ0v) is 14.9. The van der Waals surface area contributed by atoms with E-state index in [9.17, 15) is 14.9 Å². The zero-order valence-electron chi connectivity index (χ0n) is 14.9. The van der Waals surface area contributed by atoms with Gasteiger partial charge in [-0.2, -0.15) is 0 Å². The maximum Gasteiger partial charge on any atom is 0.270 e. The van der Waals surface area contributed by atoms with Crippen molar-refractivity contribution in [2.75, 3.05) is 7.11 Å². The Morgan fingerprint density at radius 2 is 2.04 bits per heavy atom. The van der Waals surface area contributed by atoms with Crippen LogP contribution in [0.4, 0.5) is 5.69 Å². The van der Waals surface area contributed by atoms with Crippen molar-refractivity contribution in [1.82, 2.24) is 5.32 Å². The third-order valence-corrected chi connectivity index (χ3v) is 4.33. The van der Waals surface area contributed by atoms with Gasteiger partial charge in [0.1, 0.15) is 5.75 Å². The normalized spacial score (nSPS) is 16.5. The molecule has 0 radical (unpaired) electrons. The third kappa shape index (κ3) is 3.59. The highest BCUT2D eigenvalue weighted by Gasteiger charge is 2.28. The lowest BCUT2D eigenvalue weighted by atomic mass is 9.85. The molecule has 0 atom stereocenters. The monoisotopic (exact) mass is 352 g/mol. The Kier molecular flexibility index (Phi) is 4.50. The van der Waals surface area contributed by atoms with E-state index in [1.54, 1.807) is 13.2 Å². The first-order chi connectivity index (χ1) is 12.3. The number of methoxy groups -OCH3 is 1. The molecule has 0 amide bonds. The molecule has 1 aliphatic heterocycles. The molecule has 0 aromatic heterocycles. The SMILES string of the molecule is COc1ccc2c(c1)C(=CC(=O)c1cccc([N+](=O)[O-])c1)NC(C)(C)C2. The summed E-state index contributed by atoms with van der Waals surface area (Å²) in [6.45, 7) is 4.12. The lowest BCUT2D eigenvalue weighted by molar-refractivity contribution is -0.384. The first-order valence-corrected chi connectivity index (χ1v) is 8.25. The number of nitrogens with one attached hydrogen (secondary N) is 1. The predicted octanol–water partition coefficient (Wildman–Crippen LogP) is 3.75. The number of non-ortho nitro benzene ring substituents is 1. The van der Waals surface area contributed by atoms with E-state index in [1.165, 1.54) is 24.3 Å². The quantitative estimate of drug-likeness (QED) is 0.392. The number of carbonyl (C=O) groups excluding carboxylic acids is 1. The summed E-state index contributed by atoms with van der Waals surface area (Å²) in [5, 5.41) is 14.3. The highest BCUT2D eigenvalue weighted by Crippen LogP contribution is 2.32. The molecule has 2 aromatic rings. The molecule has 6 nitrogen and oxygen atoms in total. The molecule has 1 heterocycles. The van der Waals surface area contributed by atoms with Crippen LogP contribution in [0.3, 0.4) is 0 Å². The minimum Gasteiger partial charge on any atom is -0.497 e. The first-order valence-electron chi connectivity index (χ1n) is 8.25. The van der Waals surface area contributed by atoms with E-state index < -0.39 is 4.92 Å². The van der Waals surface area contributed by atoms with Gasteiger partial charge < -0.3 is 10.1 Å². The number of ether oxygens (including phenoxy) is 1. The molecule has 0 saturated heterocycles. The zero-order chi connectivity index (χ0) is 18.9. The van der Waals surface area contributed by atoms with Gasteiger partial charge in [-0.15, -0.1) is 0 Å². The predicted molar refractivity (Wildman–Crippen MR) is 99.3 cm³/mol. The average Bonchev–Trinajstić information content (AvgIpc) is 2.60. The van der Waals surface area contributed by atoms with E-state index >= 15 is 0 Å². The lowest BCUT2D eigenvalue weighted by Gasteiger charge is -2.35. The minimum atomic E-state index is -0.508. The fraction of sp³-hybridized carbons (Fsp3) is 0.250. The van der Waals surface area contributed by atoms with E-state index in [-0.39, 0.29) is 22.6 Å². The van der Waals surface area contributed by atoms with Crippen LogP contribution < -0.4 is 10.1 Å². The molecule has 1 N–H and O–H groups in total. The second kappa shape index (κ2) is 6.63. The molecule has 0 unspecified atom stereocenters. The second-order valence-corrected chi connectivity index (χ2v) is 6.94. The van der Waals surface area contributed by atoms with Gasteiger partial charge >= 0.3 is 0 Å². The van der Waals surface area contributed by atoms with Crippen molar-refractivity contribution in [2.24, 2.45) is 0 Å². The summed E-state index contributed by atoms with van der Waals surface area (Å²) in [6.07, 6.45) is 2.31. The summed E-state index contributed by atoms with van der Waals surface area (Å²) in [4.78, 5) is 23.1. The number of allylic oxidation sites excluding steroid dienone is 1. The van der Waals surface area contributed by atoms with Gasteiger partial charge in [-0.05, 0) is 38.0 Å². The largest absolute Gasteiger partial charge is 0.497 e. The van der Waals surface area contributed by atoms with Crippen LogP contribution in [0.15, 0.2) is 48.5 Å². The van der Waals surface area contributed by atoms with Crippen molar-refractivity contribution in [3.05, 3.63) is 75.3 Å². The Hall–Kier alpha value is -3.15. The molecule has 3 rings (SSSR count). The van der Waals surface area contributed by atoms with Gasteiger partial charge in [0.05, 0.1) is 12.0 Å². The molecular weight excluding hydrogens is 332 g/mol. The fourth-order valence-electron chi connectivity index (χ4n) is 3.14. The third-order valence-electron chi connectivity index (χ3n) is 4.33. The molecule has 0 aliphatic carbocycles. The van der Waals surface area contributed by atoms with Crippen molar-refractivity contribution in [2.45, 2.75) is 25.8 Å². The topological polar surface area (TPSA) is 81.5 Å². The van der Waals surface area contributed by atoms with Gasteiger partial charge in [0, 0.05) is 40.6 Å². The van der Waals surface area contributed by atoms with E-state index in [2.05, 4.69) is 19.2 Å². The number of ketones is 1. The summed E-state index contributed by atoms with van der Waals surface area (Å²) >= 11 is 0. The molecule has 134 valence electrons. The molecule has 26 heavy (non-hydrogen) atoms. The van der Waals surface area contributed by atoms with Crippen molar-refractivity contribution in [3.63, 3.8) is 0 Å². The average molecular weight is 352 g/mol. The van der Waals surface area contributed by atoms with E-state index in [0.29, 0.717) is 11.4 Å². The van der Waals surface area contributed by atoms with E-state index in [0.717, 1.165) is 17.5 Å². The first kappa shape index (κ1) is 17.7. The second-order valence-electron chi connectivity index (χ2n) is 6.94. The number of hydrogen-bond acceptors (Lipinski definition) is 5. The summed E-state index contributed by atoms with van der Waals surface area (Å²) in [6, 6.07) is 11.5. The maximum absolute atomic E-state index is 12.7. The van der Waals surface area contributed by atoms with Crippen molar-refractivity contribution >= 4 is 17.2 Å². The van der Waals surface area contributed by atoms with Gasteiger partial charge in [0.2, 0.25) is 0 Å². The van der Waals surface area contributed by atoms with Gasteiger partial charge in [-0.25, -0.2) is 0 Å². The molecule has 0 fully saturated rings. The molecule has 2 aromatic carbocycles. The minimum absolute atomic E-state index is 0.103. The number of benzene rings is 2. The van der Waals surface area contributed by atoms with E-state index in [1.807, 2.05) is 18.2 Å². The van der Waals surface area contributed by atoms with Gasteiger partial charge in [0.15, 0.2) is 5.78 Å². The highest BCUT2D eigenvalue weighted by molar-refractivity contribution is 6.09. The molecule has 1 aliphatic rings. The Balaban J connectivity index is 2.03. The molecule has 6 heteroatoms. The van der Waals surface area contributed by atoms with Crippen LogP contribution in [-0.4, -0.2) is 23.4 Å². The molecular formula is C20H20N2O4. The summed E-state index contributed by atoms with van der Waals surface area (Å²) in [5.74, 6) is 0.418. The van der Waals surface area contributed by atoms with Crippen LogP contribution in [0.1, 0.15) is 35.3 Å². The van der Waals surface area contributed by atoms with Crippen molar-refractivity contribution in [3.8, 4) is 5.75 Å². The van der Waals surface area contributed by atoms with Crippen LogP contribution in [0.25, 0.3) is 5.70 Å². The van der Waals surface area contributed by atoms with Gasteiger partial charge in [-0.1, -0.05) is 18.2 Å². The summed E-state index contributed by atoms with van der Waals surface area (Å²) < 4.78 is 5.30. The fourth-order valence-corrected chi connectivity index (χ4v) is 3.14. The van der Waals surface area contributed by atoms with Crippen LogP contribution in [-0.2, 0) is 6.42 Å². The number of nitro groups is 1. The van der Waals surface area contributed by atoms with E-state index in [4.69, 9.17) is 4.74 Å². The van der Waals surface area contributed by atoms with Crippen LogP contribution in [0.2, 0.25) is 0 Å². The Morgan fingerprint density at radius 3 is 2.73 bits per heavy atom. The molecule has 0 saturated carbocycles. The summed E-state index contributed by atoms with van der Waals surface area (Å²) in [5.41, 5.74) is 2.67. The van der Waals surface area contributed by atoms with Crippen molar-refractivity contribution in [1.29, 1.82) is 0 Å². The smallest absolute Gasteiger partial charge is 0.270 e. The standard InChI is InChI=1S/C20H20N2O4/c1-20(2)12-14-7-8-16(26-3)10-17(14)18(21-20)11-19(23)13-5-4-6-15(9-13)22(24)25/h4-11,21H,12H2,1-3H3. The van der Waals surface area contributed by atoms with Crippen LogP contribution in [0.5, 0.6) is 5.75 Å². The molecule has 0 bridgehead atoms. The maximum atomic E-state index is 12.7. The Morgan fingerprint density at radius 1 is 1.27 bits per heavy atom. The lowest BCUT2D eigenvalue weighted by Crippen LogP contribution is -2.43. The van der Waals surface area contributed by atoms with Crippen LogP contribution >= 0.6 is 0 Å².